The third kappa shape index (κ3) is 2.44. The first-order valence-electron chi connectivity index (χ1n) is 7.47. The summed E-state index contributed by atoms with van der Waals surface area (Å²) in [5.41, 5.74) is 8.04. The SMILES string of the molecule is NCC1CCC(C(=O)C2CCc3cccnc32)CC1. The summed E-state index contributed by atoms with van der Waals surface area (Å²) in [6.45, 7) is 0.773. The maximum atomic E-state index is 12.7. The van der Waals surface area contributed by atoms with Crippen LogP contribution in [0.3, 0.4) is 0 Å². The van der Waals surface area contributed by atoms with Gasteiger partial charge in [-0.2, -0.15) is 0 Å². The van der Waals surface area contributed by atoms with Crippen molar-refractivity contribution in [3.05, 3.63) is 29.6 Å². The second-order valence-electron chi connectivity index (χ2n) is 5.99. The van der Waals surface area contributed by atoms with Gasteiger partial charge in [-0.05, 0) is 62.6 Å². The van der Waals surface area contributed by atoms with Gasteiger partial charge >= 0.3 is 0 Å². The molecule has 1 unspecified atom stereocenters. The number of rotatable bonds is 3. The first kappa shape index (κ1) is 12.8. The molecular weight excluding hydrogens is 236 g/mol. The van der Waals surface area contributed by atoms with Crippen LogP contribution in [0.5, 0.6) is 0 Å². The molecule has 1 atom stereocenters. The normalized spacial score (nSPS) is 30.1. The van der Waals surface area contributed by atoms with Gasteiger partial charge in [0.05, 0.1) is 11.6 Å². The van der Waals surface area contributed by atoms with Crippen LogP contribution in [0, 0.1) is 11.8 Å². The summed E-state index contributed by atoms with van der Waals surface area (Å²) in [6, 6.07) is 4.08. The smallest absolute Gasteiger partial charge is 0.145 e. The van der Waals surface area contributed by atoms with Gasteiger partial charge in [0.15, 0.2) is 0 Å². The van der Waals surface area contributed by atoms with E-state index < -0.39 is 0 Å². The van der Waals surface area contributed by atoms with E-state index in [0.717, 1.165) is 50.8 Å². The van der Waals surface area contributed by atoms with E-state index in [2.05, 4.69) is 11.1 Å². The van der Waals surface area contributed by atoms with Crippen molar-refractivity contribution in [2.24, 2.45) is 17.6 Å². The van der Waals surface area contributed by atoms with Gasteiger partial charge in [-0.3, -0.25) is 9.78 Å². The minimum atomic E-state index is 0.0654. The molecule has 0 aliphatic heterocycles. The number of nitrogens with two attached hydrogens (primary N) is 1. The van der Waals surface area contributed by atoms with Crippen molar-refractivity contribution in [3.63, 3.8) is 0 Å². The molecule has 0 spiro atoms. The molecule has 1 heterocycles. The van der Waals surface area contributed by atoms with Crippen molar-refractivity contribution < 1.29 is 4.79 Å². The third-order valence-electron chi connectivity index (χ3n) is 4.88. The molecule has 0 radical (unpaired) electrons. The summed E-state index contributed by atoms with van der Waals surface area (Å²) in [7, 11) is 0. The van der Waals surface area contributed by atoms with Crippen molar-refractivity contribution in [2.75, 3.05) is 6.54 Å². The minimum absolute atomic E-state index is 0.0654. The van der Waals surface area contributed by atoms with Crippen molar-refractivity contribution in [3.8, 4) is 0 Å². The van der Waals surface area contributed by atoms with Crippen LogP contribution in [-0.4, -0.2) is 17.3 Å². The fourth-order valence-electron chi connectivity index (χ4n) is 3.66. The van der Waals surface area contributed by atoms with Crippen LogP contribution in [0.25, 0.3) is 0 Å². The van der Waals surface area contributed by atoms with Gasteiger partial charge in [0.25, 0.3) is 0 Å². The van der Waals surface area contributed by atoms with Gasteiger partial charge in [0, 0.05) is 12.1 Å². The maximum absolute atomic E-state index is 12.7. The predicted octanol–water partition coefficient (Wildman–Crippen LogP) is 2.45. The minimum Gasteiger partial charge on any atom is -0.330 e. The first-order chi connectivity index (χ1) is 9.29. The van der Waals surface area contributed by atoms with Crippen LogP contribution in [0.15, 0.2) is 18.3 Å². The number of ketones is 1. The number of hydrogen-bond donors (Lipinski definition) is 1. The number of pyridine rings is 1. The van der Waals surface area contributed by atoms with Crippen LogP contribution in [0.1, 0.15) is 49.3 Å². The Morgan fingerprint density at radius 2 is 2.05 bits per heavy atom. The zero-order valence-corrected chi connectivity index (χ0v) is 11.3. The second kappa shape index (κ2) is 5.41. The molecule has 0 amide bonds. The molecule has 2 aliphatic rings. The maximum Gasteiger partial charge on any atom is 0.145 e. The number of Topliss-reactive ketones (excluding diaryl/α,β-unsaturated/α-hetero) is 1. The average Bonchev–Trinajstić information content (AvgIpc) is 2.90. The molecule has 102 valence electrons. The van der Waals surface area contributed by atoms with Gasteiger partial charge in [-0.25, -0.2) is 0 Å². The van der Waals surface area contributed by atoms with Crippen LogP contribution < -0.4 is 5.73 Å². The largest absolute Gasteiger partial charge is 0.330 e. The van der Waals surface area contributed by atoms with Crippen LogP contribution >= 0.6 is 0 Å². The molecule has 0 saturated heterocycles. The van der Waals surface area contributed by atoms with Gasteiger partial charge < -0.3 is 5.73 Å². The average molecular weight is 258 g/mol. The Morgan fingerprint density at radius 1 is 1.26 bits per heavy atom. The van der Waals surface area contributed by atoms with Crippen LogP contribution in [0.2, 0.25) is 0 Å². The highest BCUT2D eigenvalue weighted by molar-refractivity contribution is 5.88. The topological polar surface area (TPSA) is 56.0 Å². The number of fused-ring (bicyclic) bond motifs is 1. The quantitative estimate of drug-likeness (QED) is 0.906. The zero-order chi connectivity index (χ0) is 13.2. The van der Waals surface area contributed by atoms with E-state index in [1.807, 2.05) is 12.3 Å². The lowest BCUT2D eigenvalue weighted by molar-refractivity contribution is -0.125. The standard InChI is InChI=1S/C16H22N2O/c17-10-11-3-5-13(6-4-11)16(19)14-8-7-12-2-1-9-18-15(12)14/h1-2,9,11,13-14H,3-8,10,17H2. The summed E-state index contributed by atoms with van der Waals surface area (Å²) >= 11 is 0. The molecule has 1 aromatic heterocycles. The Morgan fingerprint density at radius 3 is 2.79 bits per heavy atom. The third-order valence-corrected chi connectivity index (χ3v) is 4.88. The van der Waals surface area contributed by atoms with E-state index in [1.165, 1.54) is 5.56 Å². The highest BCUT2D eigenvalue weighted by Crippen LogP contribution is 2.38. The molecule has 0 bridgehead atoms. The predicted molar refractivity (Wildman–Crippen MR) is 74.8 cm³/mol. The van der Waals surface area contributed by atoms with Crippen molar-refractivity contribution in [1.29, 1.82) is 0 Å². The Balaban J connectivity index is 1.69. The van der Waals surface area contributed by atoms with Gasteiger partial charge in [-0.1, -0.05) is 6.07 Å². The lowest BCUT2D eigenvalue weighted by Crippen LogP contribution is -2.28. The second-order valence-corrected chi connectivity index (χ2v) is 5.99. The molecule has 3 heteroatoms. The van der Waals surface area contributed by atoms with E-state index in [4.69, 9.17) is 5.73 Å². The van der Waals surface area contributed by atoms with Crippen molar-refractivity contribution >= 4 is 5.78 Å². The van der Waals surface area contributed by atoms with Crippen molar-refractivity contribution in [2.45, 2.75) is 44.4 Å². The molecule has 1 saturated carbocycles. The summed E-state index contributed by atoms with van der Waals surface area (Å²) < 4.78 is 0. The molecule has 3 rings (SSSR count). The zero-order valence-electron chi connectivity index (χ0n) is 11.3. The van der Waals surface area contributed by atoms with Crippen LogP contribution in [-0.2, 0) is 11.2 Å². The fourth-order valence-corrected chi connectivity index (χ4v) is 3.66. The Labute approximate surface area is 114 Å². The molecule has 2 aliphatic carbocycles. The van der Waals surface area contributed by atoms with Crippen molar-refractivity contribution in [1.82, 2.24) is 4.98 Å². The lowest BCUT2D eigenvalue weighted by atomic mass is 9.77. The van der Waals surface area contributed by atoms with E-state index in [1.54, 1.807) is 0 Å². The monoisotopic (exact) mass is 258 g/mol. The molecule has 0 aromatic carbocycles. The molecule has 3 nitrogen and oxygen atoms in total. The molecule has 19 heavy (non-hydrogen) atoms. The molecule has 2 N–H and O–H groups in total. The van der Waals surface area contributed by atoms with Gasteiger partial charge in [-0.15, -0.1) is 0 Å². The molecule has 1 aromatic rings. The summed E-state index contributed by atoms with van der Waals surface area (Å²) in [5.74, 6) is 1.39. The summed E-state index contributed by atoms with van der Waals surface area (Å²) in [5, 5.41) is 0. The van der Waals surface area contributed by atoms with Gasteiger partial charge in [0.1, 0.15) is 5.78 Å². The number of aromatic nitrogens is 1. The molecular formula is C16H22N2O. The first-order valence-corrected chi connectivity index (χ1v) is 7.47. The number of carbonyl (C=O) groups excluding carboxylic acids is 1. The Bertz CT molecular complexity index is 464. The highest BCUT2D eigenvalue weighted by atomic mass is 16.1. The van der Waals surface area contributed by atoms with E-state index in [0.29, 0.717) is 11.7 Å². The van der Waals surface area contributed by atoms with E-state index in [-0.39, 0.29) is 11.8 Å². The van der Waals surface area contributed by atoms with E-state index >= 15 is 0 Å². The summed E-state index contributed by atoms with van der Waals surface area (Å²) in [6.07, 6.45) is 8.08. The molecule has 1 fully saturated rings. The number of nitrogens with zero attached hydrogens (tertiary/aromatic N) is 1. The Kier molecular flexibility index (Phi) is 3.65. The number of hydrogen-bond acceptors (Lipinski definition) is 3. The fraction of sp³-hybridized carbons (Fsp3) is 0.625. The highest BCUT2D eigenvalue weighted by Gasteiger charge is 2.35. The summed E-state index contributed by atoms with van der Waals surface area (Å²) in [4.78, 5) is 17.1. The lowest BCUT2D eigenvalue weighted by Gasteiger charge is -2.28. The van der Waals surface area contributed by atoms with Gasteiger partial charge in [0.2, 0.25) is 0 Å². The van der Waals surface area contributed by atoms with E-state index in [9.17, 15) is 4.79 Å². The van der Waals surface area contributed by atoms with Crippen LogP contribution in [0.4, 0.5) is 0 Å². The number of carbonyl (C=O) groups is 1. The Hall–Kier alpha value is -1.22. The number of aryl methyl sites for hydroxylation is 1.